The van der Waals surface area contributed by atoms with Gasteiger partial charge in [0.2, 0.25) is 0 Å². The summed E-state index contributed by atoms with van der Waals surface area (Å²) >= 11 is 0. The lowest BCUT2D eigenvalue weighted by atomic mass is 10.1. The van der Waals surface area contributed by atoms with Gasteiger partial charge in [-0.15, -0.1) is 0 Å². The Morgan fingerprint density at radius 2 is 2.11 bits per heavy atom. The smallest absolute Gasteiger partial charge is 0.254 e. The highest BCUT2D eigenvalue weighted by molar-refractivity contribution is 5.62. The maximum atomic E-state index is 12.0. The molecule has 0 amide bonds. The van der Waals surface area contributed by atoms with E-state index in [9.17, 15) is 4.79 Å². The Labute approximate surface area is 111 Å². The quantitative estimate of drug-likeness (QED) is 0.898. The van der Waals surface area contributed by atoms with E-state index in [1.54, 1.807) is 6.92 Å². The zero-order valence-electron chi connectivity index (χ0n) is 10.8. The van der Waals surface area contributed by atoms with E-state index in [0.29, 0.717) is 11.4 Å². The Hall–Kier alpha value is -1.94. The fourth-order valence-electron chi connectivity index (χ4n) is 2.37. The Morgan fingerprint density at radius 3 is 2.79 bits per heavy atom. The van der Waals surface area contributed by atoms with Crippen molar-refractivity contribution in [3.8, 4) is 11.3 Å². The zero-order chi connectivity index (χ0) is 13.2. The van der Waals surface area contributed by atoms with E-state index < -0.39 is 0 Å². The molecule has 1 fully saturated rings. The lowest BCUT2D eigenvalue weighted by Gasteiger charge is -2.12. The summed E-state index contributed by atoms with van der Waals surface area (Å²) in [5.41, 5.74) is 2.27. The Morgan fingerprint density at radius 1 is 1.32 bits per heavy atom. The van der Waals surface area contributed by atoms with Gasteiger partial charge in [-0.05, 0) is 19.8 Å². The van der Waals surface area contributed by atoms with Crippen LogP contribution in [-0.4, -0.2) is 16.6 Å². The number of nitrogens with zero attached hydrogens (tertiary/aromatic N) is 1. The molecule has 2 heterocycles. The van der Waals surface area contributed by atoms with Crippen LogP contribution in [0, 0.1) is 6.92 Å². The Kier molecular flexibility index (Phi) is 3.17. The van der Waals surface area contributed by atoms with Crippen molar-refractivity contribution < 1.29 is 4.74 Å². The Bertz CT molecular complexity index is 628. The topological polar surface area (TPSA) is 55.0 Å². The van der Waals surface area contributed by atoms with E-state index in [-0.39, 0.29) is 11.7 Å². The molecule has 0 aliphatic carbocycles. The van der Waals surface area contributed by atoms with Gasteiger partial charge in [0.15, 0.2) is 0 Å². The number of hydrogen-bond acceptors (Lipinski definition) is 3. The number of hydrogen-bond donors (Lipinski definition) is 1. The number of benzene rings is 1. The van der Waals surface area contributed by atoms with E-state index in [1.165, 1.54) is 0 Å². The maximum absolute atomic E-state index is 12.0. The summed E-state index contributed by atoms with van der Waals surface area (Å²) in [5, 5.41) is 0. The molecular formula is C15H16N2O2. The van der Waals surface area contributed by atoms with Crippen LogP contribution in [0.25, 0.3) is 11.3 Å². The molecule has 1 atom stereocenters. The van der Waals surface area contributed by atoms with Gasteiger partial charge < -0.3 is 9.72 Å². The third kappa shape index (κ3) is 2.31. The first kappa shape index (κ1) is 12.1. The molecule has 0 radical (unpaired) electrons. The third-order valence-electron chi connectivity index (χ3n) is 3.45. The number of ether oxygens (including phenoxy) is 1. The first-order valence-corrected chi connectivity index (χ1v) is 6.53. The minimum atomic E-state index is -0.0839. The van der Waals surface area contributed by atoms with Gasteiger partial charge in [0, 0.05) is 17.7 Å². The predicted molar refractivity (Wildman–Crippen MR) is 73.0 cm³/mol. The van der Waals surface area contributed by atoms with Gasteiger partial charge in [-0.3, -0.25) is 4.79 Å². The number of nitrogens with one attached hydrogen (secondary N) is 1. The van der Waals surface area contributed by atoms with Crippen LogP contribution in [0.4, 0.5) is 0 Å². The fourth-order valence-corrected chi connectivity index (χ4v) is 2.37. The minimum Gasteiger partial charge on any atom is -0.370 e. The van der Waals surface area contributed by atoms with Gasteiger partial charge in [-0.2, -0.15) is 0 Å². The normalized spacial score (nSPS) is 18.7. The van der Waals surface area contributed by atoms with E-state index >= 15 is 0 Å². The van der Waals surface area contributed by atoms with Crippen LogP contribution >= 0.6 is 0 Å². The second-order valence-electron chi connectivity index (χ2n) is 4.79. The zero-order valence-corrected chi connectivity index (χ0v) is 10.8. The second kappa shape index (κ2) is 4.97. The molecular weight excluding hydrogens is 240 g/mol. The van der Waals surface area contributed by atoms with Crippen LogP contribution in [0.1, 0.15) is 30.3 Å². The second-order valence-corrected chi connectivity index (χ2v) is 4.79. The molecule has 3 rings (SSSR count). The molecule has 1 aliphatic heterocycles. The van der Waals surface area contributed by atoms with Crippen molar-refractivity contribution in [2.75, 3.05) is 6.61 Å². The van der Waals surface area contributed by atoms with Gasteiger partial charge in [-0.25, -0.2) is 4.98 Å². The molecule has 98 valence electrons. The Balaban J connectivity index is 2.11. The highest BCUT2D eigenvalue weighted by atomic mass is 16.5. The highest BCUT2D eigenvalue weighted by Crippen LogP contribution is 2.27. The number of aromatic amines is 1. The van der Waals surface area contributed by atoms with E-state index in [0.717, 1.165) is 30.7 Å². The van der Waals surface area contributed by atoms with Gasteiger partial charge in [0.05, 0.1) is 5.69 Å². The summed E-state index contributed by atoms with van der Waals surface area (Å²) in [5.74, 6) is 0.645. The first-order chi connectivity index (χ1) is 9.25. The summed E-state index contributed by atoms with van der Waals surface area (Å²) < 4.78 is 5.59. The molecule has 4 nitrogen and oxygen atoms in total. The van der Waals surface area contributed by atoms with Crippen molar-refractivity contribution in [2.24, 2.45) is 0 Å². The van der Waals surface area contributed by atoms with Crippen LogP contribution in [-0.2, 0) is 4.74 Å². The third-order valence-corrected chi connectivity index (χ3v) is 3.45. The lowest BCUT2D eigenvalue weighted by Crippen LogP contribution is -2.18. The van der Waals surface area contributed by atoms with Crippen molar-refractivity contribution in [1.29, 1.82) is 0 Å². The summed E-state index contributed by atoms with van der Waals surface area (Å²) in [4.78, 5) is 19.5. The molecule has 1 N–H and O–H groups in total. The van der Waals surface area contributed by atoms with E-state index in [2.05, 4.69) is 9.97 Å². The number of aromatic nitrogens is 2. The summed E-state index contributed by atoms with van der Waals surface area (Å²) in [6.45, 7) is 2.54. The number of rotatable bonds is 2. The molecule has 1 unspecified atom stereocenters. The van der Waals surface area contributed by atoms with Crippen LogP contribution in [0.15, 0.2) is 35.1 Å². The SMILES string of the molecule is Cc1c(-c2ccccc2)nc(C2CCCO2)[nH]c1=O. The largest absolute Gasteiger partial charge is 0.370 e. The highest BCUT2D eigenvalue weighted by Gasteiger charge is 2.21. The monoisotopic (exact) mass is 256 g/mol. The summed E-state index contributed by atoms with van der Waals surface area (Å²) in [6, 6.07) is 9.78. The van der Waals surface area contributed by atoms with Crippen LogP contribution in [0.5, 0.6) is 0 Å². The van der Waals surface area contributed by atoms with Crippen LogP contribution < -0.4 is 5.56 Å². The van der Waals surface area contributed by atoms with E-state index in [4.69, 9.17) is 4.74 Å². The molecule has 0 bridgehead atoms. The number of H-pyrrole nitrogens is 1. The molecule has 1 aliphatic rings. The summed E-state index contributed by atoms with van der Waals surface area (Å²) in [7, 11) is 0. The van der Waals surface area contributed by atoms with Gasteiger partial charge in [0.25, 0.3) is 5.56 Å². The minimum absolute atomic E-state index is 0.0734. The van der Waals surface area contributed by atoms with Crippen LogP contribution in [0.3, 0.4) is 0 Å². The molecule has 4 heteroatoms. The average molecular weight is 256 g/mol. The molecule has 0 saturated carbocycles. The molecule has 2 aromatic rings. The van der Waals surface area contributed by atoms with Gasteiger partial charge >= 0.3 is 0 Å². The predicted octanol–water partition coefficient (Wildman–Crippen LogP) is 2.60. The van der Waals surface area contributed by atoms with Crippen LogP contribution in [0.2, 0.25) is 0 Å². The van der Waals surface area contributed by atoms with Crippen molar-refractivity contribution in [3.05, 3.63) is 52.1 Å². The standard InChI is InChI=1S/C15H16N2O2/c1-10-13(11-6-3-2-4-7-11)16-14(17-15(10)18)12-8-5-9-19-12/h2-4,6-7,12H,5,8-9H2,1H3,(H,16,17,18). The summed E-state index contributed by atoms with van der Waals surface area (Å²) in [6.07, 6.45) is 1.86. The maximum Gasteiger partial charge on any atom is 0.254 e. The van der Waals surface area contributed by atoms with Crippen molar-refractivity contribution in [1.82, 2.24) is 9.97 Å². The molecule has 1 saturated heterocycles. The van der Waals surface area contributed by atoms with E-state index in [1.807, 2.05) is 30.3 Å². The molecule has 0 spiro atoms. The fraction of sp³-hybridized carbons (Fsp3) is 0.333. The molecule has 1 aromatic heterocycles. The molecule has 1 aromatic carbocycles. The van der Waals surface area contributed by atoms with Crippen molar-refractivity contribution >= 4 is 0 Å². The average Bonchev–Trinajstić information content (AvgIpc) is 2.97. The van der Waals surface area contributed by atoms with Crippen molar-refractivity contribution in [3.63, 3.8) is 0 Å². The lowest BCUT2D eigenvalue weighted by molar-refractivity contribution is 0.105. The van der Waals surface area contributed by atoms with Gasteiger partial charge in [-0.1, -0.05) is 30.3 Å². The van der Waals surface area contributed by atoms with Gasteiger partial charge in [0.1, 0.15) is 11.9 Å². The van der Waals surface area contributed by atoms with Crippen molar-refractivity contribution in [2.45, 2.75) is 25.9 Å². The first-order valence-electron chi connectivity index (χ1n) is 6.53. The molecule has 19 heavy (non-hydrogen) atoms.